The fraction of sp³-hybridized carbons (Fsp3) is 0.143. The molecule has 0 saturated heterocycles. The molecule has 0 fully saturated rings. The third-order valence-corrected chi connectivity index (χ3v) is 2.37. The molecule has 0 spiro atoms. The number of nitrogen functional groups attached to an aromatic ring is 1. The molecule has 0 heterocycles. The summed E-state index contributed by atoms with van der Waals surface area (Å²) in [5.41, 5.74) is 6.48. The minimum atomic E-state index is -0.377. The maximum atomic E-state index is 12.6. The third-order valence-electron chi connectivity index (χ3n) is 1.32. The first-order chi connectivity index (χ1) is 4.63. The average Bonchev–Trinajstić information content (AvgIpc) is 1.93. The van der Waals surface area contributed by atoms with Crippen molar-refractivity contribution in [1.82, 2.24) is 0 Å². The van der Waals surface area contributed by atoms with Crippen molar-refractivity contribution in [3.8, 4) is 0 Å². The summed E-state index contributed by atoms with van der Waals surface area (Å²) in [5, 5.41) is 0. The average molecular weight is 204 g/mol. The van der Waals surface area contributed by atoms with Crippen LogP contribution in [0.5, 0.6) is 0 Å². The van der Waals surface area contributed by atoms with E-state index in [2.05, 4.69) is 15.9 Å². The molecule has 1 nitrogen and oxygen atoms in total. The number of hydrogen-bond donors (Lipinski definition) is 1. The Balaban J connectivity index is 3.34. The van der Waals surface area contributed by atoms with Gasteiger partial charge < -0.3 is 5.73 Å². The summed E-state index contributed by atoms with van der Waals surface area (Å²) in [4.78, 5) is 0. The number of rotatable bonds is 0. The molecular formula is C7H7BrFN. The summed E-state index contributed by atoms with van der Waals surface area (Å²) in [6, 6.07) is 3.03. The predicted molar refractivity (Wildman–Crippen MR) is 43.2 cm³/mol. The van der Waals surface area contributed by atoms with Crippen LogP contribution in [0.1, 0.15) is 5.56 Å². The minimum Gasteiger partial charge on any atom is -0.395 e. The molecule has 0 radical (unpaired) electrons. The van der Waals surface area contributed by atoms with E-state index in [1.807, 2.05) is 6.92 Å². The zero-order valence-electron chi connectivity index (χ0n) is 5.49. The molecule has 0 unspecified atom stereocenters. The highest BCUT2D eigenvalue weighted by Crippen LogP contribution is 2.25. The minimum absolute atomic E-state index is 0.181. The highest BCUT2D eigenvalue weighted by atomic mass is 79.9. The molecule has 1 aromatic carbocycles. The van der Waals surface area contributed by atoms with E-state index in [-0.39, 0.29) is 11.5 Å². The Bertz CT molecular complexity index is 233. The second-order valence-corrected chi connectivity index (χ2v) is 2.88. The van der Waals surface area contributed by atoms with E-state index in [0.717, 1.165) is 5.56 Å². The lowest BCUT2D eigenvalue weighted by Gasteiger charge is -2.01. The maximum Gasteiger partial charge on any atom is 0.147 e. The van der Waals surface area contributed by atoms with Crippen LogP contribution >= 0.6 is 15.9 Å². The van der Waals surface area contributed by atoms with Crippen molar-refractivity contribution in [1.29, 1.82) is 0 Å². The fourth-order valence-electron chi connectivity index (χ4n) is 0.678. The molecule has 0 atom stereocenters. The summed E-state index contributed by atoms with van der Waals surface area (Å²) in [7, 11) is 0. The quantitative estimate of drug-likeness (QED) is 0.645. The van der Waals surface area contributed by atoms with Crippen LogP contribution in [-0.2, 0) is 0 Å². The lowest BCUT2D eigenvalue weighted by Crippen LogP contribution is -1.92. The number of halogens is 2. The second-order valence-electron chi connectivity index (χ2n) is 2.09. The van der Waals surface area contributed by atoms with E-state index in [1.165, 1.54) is 6.07 Å². The maximum absolute atomic E-state index is 12.6. The highest BCUT2D eigenvalue weighted by Gasteiger charge is 2.03. The van der Waals surface area contributed by atoms with E-state index in [9.17, 15) is 4.39 Å². The lowest BCUT2D eigenvalue weighted by atomic mass is 10.2. The van der Waals surface area contributed by atoms with E-state index in [0.29, 0.717) is 4.47 Å². The standard InChI is InChI=1S/C7H7BrFN/c1-4-2-3-5(9)7(10)6(4)8/h2-3H,10H2,1H3. The SMILES string of the molecule is Cc1ccc(F)c(N)c1Br. The van der Waals surface area contributed by atoms with Gasteiger partial charge in [-0.3, -0.25) is 0 Å². The first-order valence-corrected chi connectivity index (χ1v) is 3.62. The van der Waals surface area contributed by atoms with E-state index in [4.69, 9.17) is 5.73 Å². The smallest absolute Gasteiger partial charge is 0.147 e. The molecule has 1 aromatic rings. The normalized spacial score (nSPS) is 9.90. The van der Waals surface area contributed by atoms with Crippen LogP contribution in [0.2, 0.25) is 0 Å². The van der Waals surface area contributed by atoms with Crippen LogP contribution in [0.15, 0.2) is 16.6 Å². The Morgan fingerprint density at radius 1 is 1.50 bits per heavy atom. The van der Waals surface area contributed by atoms with Crippen LogP contribution in [0, 0.1) is 12.7 Å². The molecule has 0 aliphatic rings. The molecule has 0 aromatic heterocycles. The van der Waals surface area contributed by atoms with Gasteiger partial charge in [-0.25, -0.2) is 4.39 Å². The molecule has 1 rings (SSSR count). The lowest BCUT2D eigenvalue weighted by molar-refractivity contribution is 0.631. The van der Waals surface area contributed by atoms with Gasteiger partial charge in [-0.05, 0) is 34.5 Å². The molecule has 3 heteroatoms. The number of benzene rings is 1. The Kier molecular flexibility index (Phi) is 1.94. The first-order valence-electron chi connectivity index (χ1n) is 2.83. The van der Waals surface area contributed by atoms with Gasteiger partial charge >= 0.3 is 0 Å². The van der Waals surface area contributed by atoms with Crippen molar-refractivity contribution >= 4 is 21.6 Å². The van der Waals surface area contributed by atoms with Gasteiger partial charge in [0.2, 0.25) is 0 Å². The van der Waals surface area contributed by atoms with Crippen LogP contribution in [-0.4, -0.2) is 0 Å². The topological polar surface area (TPSA) is 26.0 Å². The van der Waals surface area contributed by atoms with Crippen molar-refractivity contribution in [2.75, 3.05) is 5.73 Å². The summed E-state index contributed by atoms with van der Waals surface area (Å²) < 4.78 is 13.3. The van der Waals surface area contributed by atoms with Gasteiger partial charge in [-0.2, -0.15) is 0 Å². The number of hydrogen-bond acceptors (Lipinski definition) is 1. The van der Waals surface area contributed by atoms with Crippen molar-refractivity contribution in [3.05, 3.63) is 28.0 Å². The van der Waals surface area contributed by atoms with Crippen LogP contribution in [0.3, 0.4) is 0 Å². The van der Waals surface area contributed by atoms with Gasteiger partial charge in [0.25, 0.3) is 0 Å². The number of anilines is 1. The molecule has 0 aliphatic carbocycles. The highest BCUT2D eigenvalue weighted by molar-refractivity contribution is 9.10. The van der Waals surface area contributed by atoms with Gasteiger partial charge in [0.05, 0.1) is 5.69 Å². The van der Waals surface area contributed by atoms with E-state index >= 15 is 0 Å². The van der Waals surface area contributed by atoms with Gasteiger partial charge in [0.15, 0.2) is 0 Å². The van der Waals surface area contributed by atoms with Gasteiger partial charge in [-0.1, -0.05) is 6.07 Å². The third kappa shape index (κ3) is 1.14. The summed E-state index contributed by atoms with van der Waals surface area (Å²) in [6.45, 7) is 1.86. The molecule has 2 N–H and O–H groups in total. The van der Waals surface area contributed by atoms with Crippen molar-refractivity contribution in [3.63, 3.8) is 0 Å². The van der Waals surface area contributed by atoms with Crippen LogP contribution in [0.25, 0.3) is 0 Å². The van der Waals surface area contributed by atoms with Gasteiger partial charge in [0, 0.05) is 4.47 Å². The molecule has 10 heavy (non-hydrogen) atoms. The van der Waals surface area contributed by atoms with Crippen molar-refractivity contribution < 1.29 is 4.39 Å². The Labute approximate surface area is 67.2 Å². The monoisotopic (exact) mass is 203 g/mol. The zero-order chi connectivity index (χ0) is 7.72. The molecule has 0 saturated carbocycles. The van der Waals surface area contributed by atoms with Crippen LogP contribution < -0.4 is 5.73 Å². The van der Waals surface area contributed by atoms with Crippen molar-refractivity contribution in [2.24, 2.45) is 0 Å². The van der Waals surface area contributed by atoms with Crippen LogP contribution in [0.4, 0.5) is 10.1 Å². The molecule has 0 aliphatic heterocycles. The first kappa shape index (κ1) is 7.54. The zero-order valence-corrected chi connectivity index (χ0v) is 7.07. The predicted octanol–water partition coefficient (Wildman–Crippen LogP) is 2.48. The number of aryl methyl sites for hydroxylation is 1. The fourth-order valence-corrected chi connectivity index (χ4v) is 1.000. The number of nitrogens with two attached hydrogens (primary N) is 1. The summed E-state index contributed by atoms with van der Waals surface area (Å²) in [6.07, 6.45) is 0. The molecular weight excluding hydrogens is 197 g/mol. The largest absolute Gasteiger partial charge is 0.395 e. The van der Waals surface area contributed by atoms with E-state index in [1.54, 1.807) is 6.07 Å². The second kappa shape index (κ2) is 2.58. The Hall–Kier alpha value is -0.570. The summed E-state index contributed by atoms with van der Waals surface area (Å²) in [5.74, 6) is -0.377. The summed E-state index contributed by atoms with van der Waals surface area (Å²) >= 11 is 3.16. The van der Waals surface area contributed by atoms with Gasteiger partial charge in [-0.15, -0.1) is 0 Å². The Morgan fingerprint density at radius 3 is 2.60 bits per heavy atom. The molecule has 54 valence electrons. The molecule has 0 amide bonds. The van der Waals surface area contributed by atoms with E-state index < -0.39 is 0 Å². The Morgan fingerprint density at radius 2 is 2.10 bits per heavy atom. The van der Waals surface area contributed by atoms with Gasteiger partial charge in [0.1, 0.15) is 5.82 Å². The van der Waals surface area contributed by atoms with Crippen molar-refractivity contribution in [2.45, 2.75) is 6.92 Å². The molecule has 0 bridgehead atoms.